The van der Waals surface area contributed by atoms with E-state index in [2.05, 4.69) is 24.7 Å². The summed E-state index contributed by atoms with van der Waals surface area (Å²) in [6, 6.07) is -0.0817. The number of nitrogens with zero attached hydrogens (tertiary/aromatic N) is 4. The van der Waals surface area contributed by atoms with Crippen molar-refractivity contribution in [2.45, 2.75) is 38.5 Å². The summed E-state index contributed by atoms with van der Waals surface area (Å²) in [5, 5.41) is 3.04. The summed E-state index contributed by atoms with van der Waals surface area (Å²) in [5.41, 5.74) is 0. The molecule has 0 aromatic carbocycles. The average molecular weight is 335 g/mol. The molecule has 0 unspecified atom stereocenters. The first kappa shape index (κ1) is 17.4. The molecule has 2 fully saturated rings. The fraction of sp³-hybridized carbons (Fsp3) is 0.765. The molecule has 7 nitrogen and oxygen atoms in total. The van der Waals surface area contributed by atoms with Crippen molar-refractivity contribution in [1.82, 2.24) is 24.7 Å². The van der Waals surface area contributed by atoms with Gasteiger partial charge in [-0.2, -0.15) is 0 Å². The molecule has 2 aliphatic heterocycles. The molecule has 0 spiro atoms. The molecule has 2 saturated heterocycles. The van der Waals surface area contributed by atoms with Crippen LogP contribution in [0.15, 0.2) is 12.4 Å². The third-order valence-corrected chi connectivity index (χ3v) is 5.15. The number of amides is 1. The summed E-state index contributed by atoms with van der Waals surface area (Å²) < 4.78 is 7.62. The van der Waals surface area contributed by atoms with Crippen LogP contribution in [0.4, 0.5) is 0 Å². The largest absolute Gasteiger partial charge is 0.376 e. The Kier molecular flexibility index (Phi) is 5.86. The van der Waals surface area contributed by atoms with Crippen LogP contribution in [0.25, 0.3) is 0 Å². The van der Waals surface area contributed by atoms with Gasteiger partial charge < -0.3 is 14.6 Å². The zero-order valence-corrected chi connectivity index (χ0v) is 14.8. The normalized spacial score (nSPS) is 24.2. The molecule has 3 heterocycles. The number of rotatable bonds is 6. The highest BCUT2D eigenvalue weighted by molar-refractivity contribution is 5.81. The zero-order valence-electron chi connectivity index (χ0n) is 14.8. The van der Waals surface area contributed by atoms with E-state index < -0.39 is 0 Å². The molecule has 1 N–H and O–H groups in total. The lowest BCUT2D eigenvalue weighted by Gasteiger charge is -2.37. The molecule has 134 valence electrons. The SMILES string of the molecule is C[C@H](C(=O)NC[C@H]1CCCO1)N1CCN(Cc2nccn2C)CC1. The summed E-state index contributed by atoms with van der Waals surface area (Å²) >= 11 is 0. The van der Waals surface area contributed by atoms with E-state index in [1.54, 1.807) is 0 Å². The lowest BCUT2D eigenvalue weighted by Crippen LogP contribution is -2.54. The maximum Gasteiger partial charge on any atom is 0.237 e. The van der Waals surface area contributed by atoms with Gasteiger partial charge in [-0.25, -0.2) is 4.98 Å². The fourth-order valence-electron chi connectivity index (χ4n) is 3.39. The zero-order chi connectivity index (χ0) is 16.9. The molecule has 1 aromatic rings. The third-order valence-electron chi connectivity index (χ3n) is 5.15. The van der Waals surface area contributed by atoms with Gasteiger partial charge in [-0.15, -0.1) is 0 Å². The van der Waals surface area contributed by atoms with Crippen molar-refractivity contribution >= 4 is 5.91 Å². The predicted octanol–water partition coefficient (Wildman–Crippen LogP) is 0.221. The van der Waals surface area contributed by atoms with E-state index in [1.165, 1.54) is 0 Å². The number of aromatic nitrogens is 2. The highest BCUT2D eigenvalue weighted by Crippen LogP contribution is 2.12. The summed E-state index contributed by atoms with van der Waals surface area (Å²) in [6.45, 7) is 8.11. The first-order chi connectivity index (χ1) is 11.6. The second-order valence-corrected chi connectivity index (χ2v) is 6.82. The number of hydrogen-bond donors (Lipinski definition) is 1. The smallest absolute Gasteiger partial charge is 0.237 e. The van der Waals surface area contributed by atoms with E-state index in [-0.39, 0.29) is 18.1 Å². The van der Waals surface area contributed by atoms with Crippen molar-refractivity contribution in [2.24, 2.45) is 7.05 Å². The second-order valence-electron chi connectivity index (χ2n) is 6.82. The summed E-state index contributed by atoms with van der Waals surface area (Å²) in [5.74, 6) is 1.20. The van der Waals surface area contributed by atoms with Crippen LogP contribution in [0.2, 0.25) is 0 Å². The van der Waals surface area contributed by atoms with Crippen molar-refractivity contribution in [3.63, 3.8) is 0 Å². The van der Waals surface area contributed by atoms with Crippen molar-refractivity contribution in [3.8, 4) is 0 Å². The molecule has 0 aliphatic carbocycles. The average Bonchev–Trinajstić information content (AvgIpc) is 3.25. The van der Waals surface area contributed by atoms with E-state index in [0.717, 1.165) is 58.0 Å². The Bertz CT molecular complexity index is 533. The molecular weight excluding hydrogens is 306 g/mol. The minimum atomic E-state index is -0.0817. The molecule has 1 amide bonds. The van der Waals surface area contributed by atoms with Gasteiger partial charge in [0.2, 0.25) is 5.91 Å². The van der Waals surface area contributed by atoms with E-state index in [4.69, 9.17) is 4.74 Å². The molecule has 0 bridgehead atoms. The Morgan fingerprint density at radius 3 is 2.83 bits per heavy atom. The van der Waals surface area contributed by atoms with Gasteiger partial charge in [0, 0.05) is 58.8 Å². The van der Waals surface area contributed by atoms with Crippen molar-refractivity contribution in [1.29, 1.82) is 0 Å². The van der Waals surface area contributed by atoms with Gasteiger partial charge in [-0.1, -0.05) is 0 Å². The molecular formula is C17H29N5O2. The molecule has 2 aliphatic rings. The van der Waals surface area contributed by atoms with Crippen LogP contribution in [0.3, 0.4) is 0 Å². The number of carbonyl (C=O) groups excluding carboxylic acids is 1. The molecule has 7 heteroatoms. The number of imidazole rings is 1. The summed E-state index contributed by atoms with van der Waals surface area (Å²) in [6.07, 6.45) is 6.18. The van der Waals surface area contributed by atoms with Crippen molar-refractivity contribution in [3.05, 3.63) is 18.2 Å². The number of nitrogens with one attached hydrogen (secondary N) is 1. The molecule has 3 rings (SSSR count). The van der Waals surface area contributed by atoms with Crippen LogP contribution in [-0.2, 0) is 23.1 Å². The Hall–Kier alpha value is -1.44. The van der Waals surface area contributed by atoms with Gasteiger partial charge in [0.05, 0.1) is 18.7 Å². The highest BCUT2D eigenvalue weighted by Gasteiger charge is 2.26. The molecule has 24 heavy (non-hydrogen) atoms. The van der Waals surface area contributed by atoms with Crippen LogP contribution in [-0.4, -0.2) is 76.7 Å². The second kappa shape index (κ2) is 8.09. The minimum Gasteiger partial charge on any atom is -0.376 e. The molecule has 2 atom stereocenters. The lowest BCUT2D eigenvalue weighted by molar-refractivity contribution is -0.127. The number of ether oxygens (including phenoxy) is 1. The number of carbonyl (C=O) groups is 1. The first-order valence-electron chi connectivity index (χ1n) is 8.95. The Labute approximate surface area is 144 Å². The van der Waals surface area contributed by atoms with Crippen LogP contribution in [0, 0.1) is 0 Å². The first-order valence-corrected chi connectivity index (χ1v) is 8.95. The maximum absolute atomic E-state index is 12.3. The van der Waals surface area contributed by atoms with Crippen LogP contribution in [0.5, 0.6) is 0 Å². The fourth-order valence-corrected chi connectivity index (χ4v) is 3.39. The molecule has 0 saturated carbocycles. The van der Waals surface area contributed by atoms with Gasteiger partial charge in [0.1, 0.15) is 5.82 Å². The van der Waals surface area contributed by atoms with E-state index in [1.807, 2.05) is 26.4 Å². The van der Waals surface area contributed by atoms with Gasteiger partial charge in [-0.3, -0.25) is 14.6 Å². The highest BCUT2D eigenvalue weighted by atomic mass is 16.5. The predicted molar refractivity (Wildman–Crippen MR) is 91.5 cm³/mol. The standard InChI is InChI=1S/C17H29N5O2/c1-14(17(23)19-12-15-4-3-11-24-15)22-9-7-21(8-10-22)13-16-18-5-6-20(16)2/h5-6,14-15H,3-4,7-13H2,1-2H3,(H,19,23)/t14-,15-/m1/s1. The van der Waals surface area contributed by atoms with Crippen LogP contribution in [0.1, 0.15) is 25.6 Å². The van der Waals surface area contributed by atoms with Gasteiger partial charge in [-0.05, 0) is 19.8 Å². The number of hydrogen-bond acceptors (Lipinski definition) is 5. The Balaban J connectivity index is 1.40. The number of aryl methyl sites for hydroxylation is 1. The summed E-state index contributed by atoms with van der Waals surface area (Å²) in [4.78, 5) is 21.4. The van der Waals surface area contributed by atoms with E-state index in [9.17, 15) is 4.79 Å². The van der Waals surface area contributed by atoms with E-state index >= 15 is 0 Å². The molecule has 1 aromatic heterocycles. The van der Waals surface area contributed by atoms with Crippen molar-refractivity contribution in [2.75, 3.05) is 39.3 Å². The Morgan fingerprint density at radius 1 is 1.42 bits per heavy atom. The van der Waals surface area contributed by atoms with Gasteiger partial charge >= 0.3 is 0 Å². The quantitative estimate of drug-likeness (QED) is 0.806. The maximum atomic E-state index is 12.3. The monoisotopic (exact) mass is 335 g/mol. The van der Waals surface area contributed by atoms with Crippen molar-refractivity contribution < 1.29 is 9.53 Å². The third kappa shape index (κ3) is 4.34. The van der Waals surface area contributed by atoms with Gasteiger partial charge in [0.25, 0.3) is 0 Å². The van der Waals surface area contributed by atoms with Crippen LogP contribution < -0.4 is 5.32 Å². The molecule has 0 radical (unpaired) electrons. The number of piperazine rings is 1. The lowest BCUT2D eigenvalue weighted by atomic mass is 10.2. The topological polar surface area (TPSA) is 62.6 Å². The van der Waals surface area contributed by atoms with Gasteiger partial charge in [0.15, 0.2) is 0 Å². The van der Waals surface area contributed by atoms with Crippen LogP contribution >= 0.6 is 0 Å². The minimum absolute atomic E-state index is 0.0817. The Morgan fingerprint density at radius 2 is 2.21 bits per heavy atom. The van der Waals surface area contributed by atoms with E-state index in [0.29, 0.717) is 6.54 Å². The summed E-state index contributed by atoms with van der Waals surface area (Å²) in [7, 11) is 2.03.